The molecule has 0 aromatic carbocycles. The third-order valence-electron chi connectivity index (χ3n) is 7.96. The maximum absolute atomic E-state index is 12.5. The lowest BCUT2D eigenvalue weighted by atomic mass is 10.1. The molecule has 0 aliphatic carbocycles. The number of allylic oxidation sites excluding steroid dienone is 2. The van der Waals surface area contributed by atoms with Crippen LogP contribution in [0.3, 0.4) is 0 Å². The molecule has 3 atom stereocenters. The number of hydrogen-bond acceptors (Lipinski definition) is 8. The smallest absolute Gasteiger partial charge is 0.305 e. The summed E-state index contributed by atoms with van der Waals surface area (Å²) in [6.07, 6.45) is 23.2. The third kappa shape index (κ3) is 23.6. The highest BCUT2D eigenvalue weighted by atomic mass is 31.2. The summed E-state index contributed by atoms with van der Waals surface area (Å²) in [5.74, 6) is -1.37. The largest absolute Gasteiger partial charge is 0.774 e. The van der Waals surface area contributed by atoms with Gasteiger partial charge >= 0.3 is 5.97 Å². The van der Waals surface area contributed by atoms with Gasteiger partial charge in [-0.3, -0.25) is 4.79 Å². The second kappa shape index (κ2) is 25.5. The summed E-state index contributed by atoms with van der Waals surface area (Å²) in [6, 6.07) is 0. The normalized spacial score (nSPS) is 15.3. The van der Waals surface area contributed by atoms with Crippen molar-refractivity contribution in [2.75, 3.05) is 33.9 Å². The molecule has 2 unspecified atom stereocenters. The minimum Gasteiger partial charge on any atom is -0.774 e. The van der Waals surface area contributed by atoms with Crippen LogP contribution in [-0.4, -0.2) is 77.8 Å². The molecule has 0 saturated heterocycles. The first kappa shape index (κ1) is 41.2. The second-order valence-electron chi connectivity index (χ2n) is 12.3. The van der Waals surface area contributed by atoms with Crippen LogP contribution < -0.4 is 4.89 Å². The topological polar surface area (TPSA) is 136 Å². The molecule has 0 aromatic heterocycles. The minimum atomic E-state index is -4.36. The molecule has 42 heavy (non-hydrogen) atoms. The van der Waals surface area contributed by atoms with Crippen molar-refractivity contribution in [2.45, 2.75) is 154 Å². The summed E-state index contributed by atoms with van der Waals surface area (Å²) in [5, 5.41) is 28.1. The molecule has 250 valence electrons. The Morgan fingerprint density at radius 1 is 0.810 bits per heavy atom. The van der Waals surface area contributed by atoms with Crippen LogP contribution in [-0.2, 0) is 18.6 Å². The van der Waals surface area contributed by atoms with Gasteiger partial charge in [-0.25, -0.2) is 0 Å². The van der Waals surface area contributed by atoms with Crippen LogP contribution in [0.2, 0.25) is 0 Å². The Bertz CT molecular complexity index is 731. The molecule has 0 spiro atoms. The van der Waals surface area contributed by atoms with Crippen LogP contribution in [0.15, 0.2) is 12.2 Å². The Balaban J connectivity index is 3.73. The van der Waals surface area contributed by atoms with Crippen LogP contribution in [0.1, 0.15) is 136 Å². The molecule has 0 radical (unpaired) electrons. The first-order chi connectivity index (χ1) is 19.9. The predicted molar refractivity (Wildman–Crippen MR) is 168 cm³/mol. The highest BCUT2D eigenvalue weighted by Crippen LogP contribution is 2.46. The fourth-order valence-corrected chi connectivity index (χ4v) is 6.15. The number of aliphatic hydroxyl groups excluding tert-OH is 2. The fourth-order valence-electron chi connectivity index (χ4n) is 4.67. The monoisotopic (exact) mass is 621 g/mol. The van der Waals surface area contributed by atoms with Gasteiger partial charge in [-0.05, 0) is 39.0 Å². The Labute approximate surface area is 256 Å². The van der Waals surface area contributed by atoms with Crippen molar-refractivity contribution in [3.63, 3.8) is 0 Å². The van der Waals surface area contributed by atoms with E-state index in [0.717, 1.165) is 32.1 Å². The SMILES string of the molecule is CCCCCCCCCCC/C=C\CCCCCCCCC(=O)OC[C@@H](O)COP(=O)([O-])C(C)[N+](C)(C)CCC(O)O. The zero-order valence-electron chi connectivity index (χ0n) is 27.2. The summed E-state index contributed by atoms with van der Waals surface area (Å²) in [5.41, 5.74) is 0. The Morgan fingerprint density at radius 2 is 1.29 bits per heavy atom. The van der Waals surface area contributed by atoms with Crippen LogP contribution in [0.25, 0.3) is 0 Å². The van der Waals surface area contributed by atoms with Gasteiger partial charge in [0.15, 0.2) is 13.9 Å². The van der Waals surface area contributed by atoms with Gasteiger partial charge in [0.25, 0.3) is 0 Å². The number of quaternary nitrogens is 1. The van der Waals surface area contributed by atoms with E-state index >= 15 is 0 Å². The molecule has 0 rings (SSSR count). The zero-order valence-corrected chi connectivity index (χ0v) is 28.1. The molecule has 0 heterocycles. The van der Waals surface area contributed by atoms with Crippen molar-refractivity contribution < 1.29 is 43.3 Å². The number of rotatable bonds is 29. The Hall–Kier alpha value is -0.800. The van der Waals surface area contributed by atoms with E-state index in [9.17, 15) is 19.4 Å². The summed E-state index contributed by atoms with van der Waals surface area (Å²) in [7, 11) is -1.06. The van der Waals surface area contributed by atoms with Crippen LogP contribution >= 0.6 is 7.60 Å². The number of hydrogen-bond donors (Lipinski definition) is 3. The third-order valence-corrected chi connectivity index (χ3v) is 10.0. The van der Waals surface area contributed by atoms with Crippen molar-refractivity contribution >= 4 is 13.6 Å². The van der Waals surface area contributed by atoms with Crippen LogP contribution in [0, 0.1) is 0 Å². The average Bonchev–Trinajstić information content (AvgIpc) is 2.94. The van der Waals surface area contributed by atoms with E-state index in [1.807, 2.05) is 0 Å². The highest BCUT2D eigenvalue weighted by Gasteiger charge is 2.34. The molecular formula is C32H64NO8P. The van der Waals surface area contributed by atoms with Gasteiger partial charge < -0.3 is 38.5 Å². The van der Waals surface area contributed by atoms with Crippen LogP contribution in [0.4, 0.5) is 0 Å². The first-order valence-electron chi connectivity index (χ1n) is 16.5. The fraction of sp³-hybridized carbons (Fsp3) is 0.906. The van der Waals surface area contributed by atoms with E-state index < -0.39 is 38.3 Å². The predicted octanol–water partition coefficient (Wildman–Crippen LogP) is 6.18. The van der Waals surface area contributed by atoms with Gasteiger partial charge in [-0.2, -0.15) is 0 Å². The van der Waals surface area contributed by atoms with Gasteiger partial charge in [0, 0.05) is 12.8 Å². The summed E-state index contributed by atoms with van der Waals surface area (Å²) >= 11 is 0. The molecular weight excluding hydrogens is 557 g/mol. The van der Waals surface area contributed by atoms with Crippen molar-refractivity contribution in [1.29, 1.82) is 0 Å². The lowest BCUT2D eigenvalue weighted by Crippen LogP contribution is -2.50. The van der Waals surface area contributed by atoms with Gasteiger partial charge in [-0.1, -0.05) is 96.1 Å². The second-order valence-corrected chi connectivity index (χ2v) is 14.4. The highest BCUT2D eigenvalue weighted by molar-refractivity contribution is 7.51. The molecule has 0 aliphatic rings. The zero-order chi connectivity index (χ0) is 31.7. The van der Waals surface area contributed by atoms with E-state index in [4.69, 9.17) is 19.5 Å². The number of esters is 1. The van der Waals surface area contributed by atoms with Crippen molar-refractivity contribution in [3.8, 4) is 0 Å². The number of nitrogens with zero attached hydrogens (tertiary/aromatic N) is 1. The lowest BCUT2D eigenvalue weighted by Gasteiger charge is -2.42. The number of aliphatic hydroxyl groups is 3. The molecule has 10 heteroatoms. The van der Waals surface area contributed by atoms with Crippen LogP contribution in [0.5, 0.6) is 0 Å². The van der Waals surface area contributed by atoms with Gasteiger partial charge in [-0.15, -0.1) is 0 Å². The average molecular weight is 622 g/mol. The lowest BCUT2D eigenvalue weighted by molar-refractivity contribution is -0.902. The van der Waals surface area contributed by atoms with Crippen molar-refractivity contribution in [2.24, 2.45) is 0 Å². The summed E-state index contributed by atoms with van der Waals surface area (Å²) in [4.78, 5) is 24.5. The molecule has 0 amide bonds. The number of carbonyl (C=O) groups is 1. The van der Waals surface area contributed by atoms with Crippen molar-refractivity contribution in [3.05, 3.63) is 12.2 Å². The maximum Gasteiger partial charge on any atom is 0.305 e. The minimum absolute atomic E-state index is 0.0209. The molecule has 0 aliphatic heterocycles. The first-order valence-corrected chi connectivity index (χ1v) is 18.2. The summed E-state index contributed by atoms with van der Waals surface area (Å²) < 4.78 is 22.5. The maximum atomic E-state index is 12.5. The molecule has 0 aromatic rings. The summed E-state index contributed by atoms with van der Waals surface area (Å²) in [6.45, 7) is 3.12. The molecule has 0 saturated carbocycles. The van der Waals surface area contributed by atoms with Gasteiger partial charge in [0.1, 0.15) is 18.5 Å². The standard InChI is InChI=1S/C32H64NO8P/c1-5-6-7-8-9-10-11-12-13-14-15-16-17-18-19-20-21-22-23-24-32(37)40-27-30(34)28-41-42(38,39)29(2)33(3,4)26-25-31(35)36/h15-16,29-31,34-36H,5-14,17-28H2,1-4H3/b16-15-/t29?,30-/m1/s1. The number of unbranched alkanes of at least 4 members (excludes halogenated alkanes) is 15. The Kier molecular flexibility index (Phi) is 25.0. The number of carbonyl (C=O) groups excluding carboxylic acids is 1. The van der Waals surface area contributed by atoms with Crippen molar-refractivity contribution in [1.82, 2.24) is 0 Å². The van der Waals surface area contributed by atoms with Gasteiger partial charge in [0.05, 0.1) is 27.2 Å². The molecule has 9 nitrogen and oxygen atoms in total. The number of ether oxygens (including phenoxy) is 1. The van der Waals surface area contributed by atoms with Gasteiger partial charge in [0.2, 0.25) is 0 Å². The van der Waals surface area contributed by atoms with E-state index in [1.54, 1.807) is 14.1 Å². The van der Waals surface area contributed by atoms with E-state index in [0.29, 0.717) is 0 Å². The molecule has 3 N–H and O–H groups in total. The molecule has 0 bridgehead atoms. The van der Waals surface area contributed by atoms with E-state index in [1.165, 1.54) is 84.0 Å². The molecule has 0 fully saturated rings. The quantitative estimate of drug-likeness (QED) is 0.0225. The Morgan fingerprint density at radius 3 is 1.79 bits per heavy atom. The van der Waals surface area contributed by atoms with E-state index in [-0.39, 0.29) is 30.5 Å². The van der Waals surface area contributed by atoms with E-state index in [2.05, 4.69) is 19.1 Å².